The third-order valence-corrected chi connectivity index (χ3v) is 4.27. The molecule has 0 aliphatic heterocycles. The van der Waals surface area contributed by atoms with Crippen molar-refractivity contribution in [1.82, 2.24) is 10.3 Å². The summed E-state index contributed by atoms with van der Waals surface area (Å²) in [7, 11) is 0. The van der Waals surface area contributed by atoms with Gasteiger partial charge in [0.1, 0.15) is 0 Å². The van der Waals surface area contributed by atoms with Crippen molar-refractivity contribution in [3.05, 3.63) is 50.4 Å². The average molecular weight is 295 g/mol. The van der Waals surface area contributed by atoms with Crippen molar-refractivity contribution in [2.75, 3.05) is 0 Å². The van der Waals surface area contributed by atoms with Gasteiger partial charge in [-0.25, -0.2) is 0 Å². The van der Waals surface area contributed by atoms with Gasteiger partial charge < -0.3 is 5.32 Å². The molecule has 2 heterocycles. The van der Waals surface area contributed by atoms with Crippen molar-refractivity contribution >= 4 is 28.8 Å². The topological polar surface area (TPSA) is 42.0 Å². The van der Waals surface area contributed by atoms with E-state index in [0.29, 0.717) is 17.1 Å². The average Bonchev–Trinajstić information content (AvgIpc) is 2.84. The third kappa shape index (κ3) is 3.55. The molecule has 100 valence electrons. The van der Waals surface area contributed by atoms with Gasteiger partial charge in [-0.05, 0) is 31.5 Å². The highest BCUT2D eigenvalue weighted by Crippen LogP contribution is 2.18. The number of nitrogens with one attached hydrogen (secondary N) is 1. The Morgan fingerprint density at radius 3 is 2.79 bits per heavy atom. The van der Waals surface area contributed by atoms with Crippen LogP contribution in [0.15, 0.2) is 24.4 Å². The number of nitrogens with zero attached hydrogens (tertiary/aromatic N) is 1. The van der Waals surface area contributed by atoms with Crippen LogP contribution >= 0.6 is 22.9 Å². The maximum absolute atomic E-state index is 12.0. The first-order chi connectivity index (χ1) is 9.10. The Hall–Kier alpha value is -1.39. The number of pyridine rings is 1. The van der Waals surface area contributed by atoms with E-state index < -0.39 is 0 Å². The van der Waals surface area contributed by atoms with Crippen LogP contribution in [-0.2, 0) is 13.0 Å². The van der Waals surface area contributed by atoms with Gasteiger partial charge in [0.05, 0.1) is 17.1 Å². The van der Waals surface area contributed by atoms with Crippen LogP contribution in [0.1, 0.15) is 32.7 Å². The fourth-order valence-electron chi connectivity index (χ4n) is 1.66. The zero-order valence-corrected chi connectivity index (χ0v) is 12.4. The molecule has 2 rings (SSSR count). The number of thiophene rings is 1. The van der Waals surface area contributed by atoms with Crippen molar-refractivity contribution in [1.29, 1.82) is 0 Å². The molecule has 1 N–H and O–H groups in total. The molecule has 0 spiro atoms. The number of rotatable bonds is 4. The lowest BCUT2D eigenvalue weighted by molar-refractivity contribution is 0.0951. The Kier molecular flexibility index (Phi) is 4.56. The second kappa shape index (κ2) is 6.17. The Morgan fingerprint density at radius 1 is 1.42 bits per heavy atom. The van der Waals surface area contributed by atoms with Crippen LogP contribution in [0, 0.1) is 6.92 Å². The summed E-state index contributed by atoms with van der Waals surface area (Å²) in [5.74, 6) is -0.191. The van der Waals surface area contributed by atoms with Gasteiger partial charge in [-0.3, -0.25) is 9.78 Å². The Morgan fingerprint density at radius 2 is 2.16 bits per heavy atom. The first-order valence-corrected chi connectivity index (χ1v) is 7.27. The molecule has 19 heavy (non-hydrogen) atoms. The molecule has 0 atom stereocenters. The first-order valence-electron chi connectivity index (χ1n) is 6.08. The molecule has 0 radical (unpaired) electrons. The Bertz CT molecular complexity index is 595. The monoisotopic (exact) mass is 294 g/mol. The molecule has 3 nitrogen and oxygen atoms in total. The standard InChI is InChI=1S/C14H15ClN2OS/c1-3-10-4-5-11(19-10)7-17-14(18)12-8-16-9(2)6-13(12)15/h4-6,8H,3,7H2,1-2H3,(H,17,18). The summed E-state index contributed by atoms with van der Waals surface area (Å²) in [6.07, 6.45) is 2.53. The summed E-state index contributed by atoms with van der Waals surface area (Å²) in [4.78, 5) is 18.5. The normalized spacial score (nSPS) is 10.5. The van der Waals surface area contributed by atoms with Gasteiger partial charge in [-0.1, -0.05) is 18.5 Å². The number of carbonyl (C=O) groups is 1. The van der Waals surface area contributed by atoms with E-state index in [1.807, 2.05) is 13.0 Å². The number of aryl methyl sites for hydroxylation is 2. The van der Waals surface area contributed by atoms with Crippen LogP contribution in [0.3, 0.4) is 0 Å². The molecule has 0 fully saturated rings. The molecule has 2 aromatic heterocycles. The van der Waals surface area contributed by atoms with Crippen molar-refractivity contribution in [2.24, 2.45) is 0 Å². The number of carbonyl (C=O) groups excluding carboxylic acids is 1. The first kappa shape index (κ1) is 14.0. The van der Waals surface area contributed by atoms with Crippen molar-refractivity contribution in [3.8, 4) is 0 Å². The highest BCUT2D eigenvalue weighted by atomic mass is 35.5. The highest BCUT2D eigenvalue weighted by molar-refractivity contribution is 7.11. The van der Waals surface area contributed by atoms with Crippen LogP contribution < -0.4 is 5.32 Å². The molecule has 2 aromatic rings. The maximum Gasteiger partial charge on any atom is 0.254 e. The number of hydrogen-bond donors (Lipinski definition) is 1. The van der Waals surface area contributed by atoms with E-state index in [-0.39, 0.29) is 5.91 Å². The van der Waals surface area contributed by atoms with Crippen LogP contribution in [0.25, 0.3) is 0 Å². The summed E-state index contributed by atoms with van der Waals surface area (Å²) in [5.41, 5.74) is 1.21. The number of halogens is 1. The third-order valence-electron chi connectivity index (χ3n) is 2.72. The minimum Gasteiger partial charge on any atom is -0.347 e. The van der Waals surface area contributed by atoms with Crippen LogP contribution in [-0.4, -0.2) is 10.9 Å². The SMILES string of the molecule is CCc1ccc(CNC(=O)c2cnc(C)cc2Cl)s1. The largest absolute Gasteiger partial charge is 0.347 e. The number of hydrogen-bond acceptors (Lipinski definition) is 3. The fraction of sp³-hybridized carbons (Fsp3) is 0.286. The van der Waals surface area contributed by atoms with Gasteiger partial charge in [-0.2, -0.15) is 0 Å². The summed E-state index contributed by atoms with van der Waals surface area (Å²) in [5, 5.41) is 3.30. The minimum absolute atomic E-state index is 0.191. The molecule has 0 saturated heterocycles. The lowest BCUT2D eigenvalue weighted by Gasteiger charge is -2.05. The van der Waals surface area contributed by atoms with Crippen LogP contribution in [0.2, 0.25) is 5.02 Å². The molecule has 1 amide bonds. The molecule has 0 aliphatic carbocycles. The number of aromatic nitrogens is 1. The van der Waals surface area contributed by atoms with Gasteiger partial charge >= 0.3 is 0 Å². The smallest absolute Gasteiger partial charge is 0.254 e. The van der Waals surface area contributed by atoms with E-state index >= 15 is 0 Å². The van der Waals surface area contributed by atoms with Gasteiger partial charge in [0.2, 0.25) is 0 Å². The van der Waals surface area contributed by atoms with E-state index in [2.05, 4.69) is 23.3 Å². The lowest BCUT2D eigenvalue weighted by atomic mass is 10.2. The molecule has 0 unspecified atom stereocenters. The van der Waals surface area contributed by atoms with Crippen molar-refractivity contribution in [2.45, 2.75) is 26.8 Å². The number of amides is 1. The van der Waals surface area contributed by atoms with E-state index in [0.717, 1.165) is 17.0 Å². The summed E-state index contributed by atoms with van der Waals surface area (Å²) in [6, 6.07) is 5.82. The lowest BCUT2D eigenvalue weighted by Crippen LogP contribution is -2.22. The van der Waals surface area contributed by atoms with Crippen LogP contribution in [0.5, 0.6) is 0 Å². The molecule has 5 heteroatoms. The van der Waals surface area contributed by atoms with Crippen LogP contribution in [0.4, 0.5) is 0 Å². The van der Waals surface area contributed by atoms with Gasteiger partial charge in [0.15, 0.2) is 0 Å². The van der Waals surface area contributed by atoms with E-state index in [1.54, 1.807) is 17.4 Å². The summed E-state index contributed by atoms with van der Waals surface area (Å²) >= 11 is 7.75. The van der Waals surface area contributed by atoms with Gasteiger partial charge in [0.25, 0.3) is 5.91 Å². The van der Waals surface area contributed by atoms with Crippen molar-refractivity contribution < 1.29 is 4.79 Å². The Labute approximate surface area is 121 Å². The van der Waals surface area contributed by atoms with Crippen molar-refractivity contribution in [3.63, 3.8) is 0 Å². The second-order valence-corrected chi connectivity index (χ2v) is 5.87. The minimum atomic E-state index is -0.191. The molecule has 0 bridgehead atoms. The van der Waals surface area contributed by atoms with E-state index in [9.17, 15) is 4.79 Å². The Balaban J connectivity index is 2.01. The van der Waals surface area contributed by atoms with Gasteiger partial charge in [0, 0.05) is 21.6 Å². The maximum atomic E-state index is 12.0. The predicted molar refractivity (Wildman–Crippen MR) is 78.9 cm³/mol. The highest BCUT2D eigenvalue weighted by Gasteiger charge is 2.11. The molecule has 0 saturated carbocycles. The van der Waals surface area contributed by atoms with E-state index in [4.69, 9.17) is 11.6 Å². The predicted octanol–water partition coefficient (Wildman–Crippen LogP) is 3.60. The summed E-state index contributed by atoms with van der Waals surface area (Å²) < 4.78 is 0. The van der Waals surface area contributed by atoms with Gasteiger partial charge in [-0.15, -0.1) is 11.3 Å². The quantitative estimate of drug-likeness (QED) is 0.936. The fourth-order valence-corrected chi connectivity index (χ4v) is 2.85. The summed E-state index contributed by atoms with van der Waals surface area (Å²) in [6.45, 7) is 4.48. The molecule has 0 aliphatic rings. The molecular weight excluding hydrogens is 280 g/mol. The molecule has 0 aromatic carbocycles. The zero-order valence-electron chi connectivity index (χ0n) is 10.9. The zero-order chi connectivity index (χ0) is 13.8. The molecular formula is C14H15ClN2OS. The second-order valence-electron chi connectivity index (χ2n) is 4.21. The van der Waals surface area contributed by atoms with E-state index in [1.165, 1.54) is 11.1 Å².